The van der Waals surface area contributed by atoms with E-state index in [-0.39, 0.29) is 30.7 Å². The Morgan fingerprint density at radius 1 is 1.28 bits per heavy atom. The summed E-state index contributed by atoms with van der Waals surface area (Å²) < 4.78 is 0. The number of amides is 1. The predicted molar refractivity (Wildman–Crippen MR) is 81.1 cm³/mol. The molecular weight excluding hydrogens is 318 g/mol. The average Bonchev–Trinajstić information content (AvgIpc) is 2.21. The van der Waals surface area contributed by atoms with Crippen LogP contribution in [0.3, 0.4) is 0 Å². The van der Waals surface area contributed by atoms with Crippen LogP contribution in [0.2, 0.25) is 10.0 Å². The van der Waals surface area contributed by atoms with Gasteiger partial charge in [0.25, 0.3) is 0 Å². The molecule has 0 saturated heterocycles. The average molecular weight is 334 g/mol. The molecule has 1 aromatic rings. The van der Waals surface area contributed by atoms with Crippen LogP contribution in [0.5, 0.6) is 0 Å². The molecule has 0 spiro atoms. The van der Waals surface area contributed by atoms with Gasteiger partial charge in [-0.2, -0.15) is 0 Å². The van der Waals surface area contributed by atoms with Crippen LogP contribution in [0.15, 0.2) is 18.2 Å². The monoisotopic (exact) mass is 332 g/mol. The third-order valence-corrected chi connectivity index (χ3v) is 2.92. The van der Waals surface area contributed by atoms with Gasteiger partial charge in [-0.25, -0.2) is 0 Å². The molecule has 1 amide bonds. The molecule has 0 aliphatic heterocycles. The van der Waals surface area contributed by atoms with Crippen molar-refractivity contribution >= 4 is 53.9 Å². The summed E-state index contributed by atoms with van der Waals surface area (Å²) in [7, 11) is 1.92. The van der Waals surface area contributed by atoms with Crippen molar-refractivity contribution in [1.82, 2.24) is 4.90 Å². The van der Waals surface area contributed by atoms with Crippen molar-refractivity contribution in [3.05, 3.63) is 33.8 Å². The number of rotatable bonds is 5. The molecule has 0 radical (unpaired) electrons. The van der Waals surface area contributed by atoms with Crippen molar-refractivity contribution in [1.29, 1.82) is 0 Å². The Morgan fingerprint density at radius 3 is 2.39 bits per heavy atom. The zero-order valence-corrected chi connectivity index (χ0v) is 13.0. The molecule has 104 valence electrons. The highest BCUT2D eigenvalue weighted by atomic mass is 35.5. The SMILES string of the molecule is CN(CCC(N)=O)Cc1ccc(Cl)c(Cl)c1.Cl.Cl. The van der Waals surface area contributed by atoms with Gasteiger partial charge in [-0.05, 0) is 24.7 Å². The van der Waals surface area contributed by atoms with Crippen LogP contribution in [0.4, 0.5) is 0 Å². The Bertz CT molecular complexity index is 387. The standard InChI is InChI=1S/C11H14Cl2N2O.2ClH/c1-15(5-4-11(14)16)7-8-2-3-9(12)10(13)6-8;;/h2-3,6H,4-5,7H2,1H3,(H2,14,16);2*1H. The molecule has 7 heteroatoms. The molecule has 0 unspecified atom stereocenters. The van der Waals surface area contributed by atoms with E-state index in [0.717, 1.165) is 5.56 Å². The minimum Gasteiger partial charge on any atom is -0.370 e. The first-order valence-corrected chi connectivity index (χ1v) is 5.65. The zero-order chi connectivity index (χ0) is 12.1. The maximum absolute atomic E-state index is 10.6. The Balaban J connectivity index is 0. The van der Waals surface area contributed by atoms with E-state index in [1.54, 1.807) is 6.07 Å². The number of nitrogens with zero attached hydrogens (tertiary/aromatic N) is 1. The molecule has 0 heterocycles. The summed E-state index contributed by atoms with van der Waals surface area (Å²) in [5.74, 6) is -0.291. The smallest absolute Gasteiger partial charge is 0.218 e. The molecule has 1 aromatic carbocycles. The van der Waals surface area contributed by atoms with Crippen LogP contribution in [0.1, 0.15) is 12.0 Å². The minimum atomic E-state index is -0.291. The van der Waals surface area contributed by atoms with Crippen LogP contribution in [0, 0.1) is 0 Å². The summed E-state index contributed by atoms with van der Waals surface area (Å²) in [6, 6.07) is 5.50. The third-order valence-electron chi connectivity index (χ3n) is 2.18. The number of primary amides is 1. The fourth-order valence-electron chi connectivity index (χ4n) is 1.33. The molecule has 0 saturated carbocycles. The van der Waals surface area contributed by atoms with E-state index in [1.807, 2.05) is 24.1 Å². The highest BCUT2D eigenvalue weighted by Gasteiger charge is 2.04. The number of carbonyl (C=O) groups is 1. The van der Waals surface area contributed by atoms with Gasteiger partial charge < -0.3 is 10.6 Å². The lowest BCUT2D eigenvalue weighted by atomic mass is 10.2. The van der Waals surface area contributed by atoms with Gasteiger partial charge in [-0.15, -0.1) is 24.8 Å². The van der Waals surface area contributed by atoms with Gasteiger partial charge in [0.1, 0.15) is 0 Å². The number of nitrogens with two attached hydrogens (primary N) is 1. The van der Waals surface area contributed by atoms with Crippen molar-refractivity contribution in [2.45, 2.75) is 13.0 Å². The number of benzene rings is 1. The zero-order valence-electron chi connectivity index (χ0n) is 9.86. The van der Waals surface area contributed by atoms with Gasteiger partial charge >= 0.3 is 0 Å². The highest BCUT2D eigenvalue weighted by molar-refractivity contribution is 6.42. The highest BCUT2D eigenvalue weighted by Crippen LogP contribution is 2.23. The lowest BCUT2D eigenvalue weighted by Crippen LogP contribution is -2.24. The molecule has 2 N–H and O–H groups in total. The van der Waals surface area contributed by atoms with Crippen LogP contribution in [0.25, 0.3) is 0 Å². The van der Waals surface area contributed by atoms with E-state index in [9.17, 15) is 4.79 Å². The number of hydrogen-bond acceptors (Lipinski definition) is 2. The summed E-state index contributed by atoms with van der Waals surface area (Å²) in [4.78, 5) is 12.6. The topological polar surface area (TPSA) is 46.3 Å². The first kappa shape index (κ1) is 20.1. The Hall–Kier alpha value is -0.190. The van der Waals surface area contributed by atoms with E-state index in [1.165, 1.54) is 0 Å². The molecule has 0 aromatic heterocycles. The van der Waals surface area contributed by atoms with E-state index in [4.69, 9.17) is 28.9 Å². The van der Waals surface area contributed by atoms with Crippen molar-refractivity contribution in [3.63, 3.8) is 0 Å². The maximum atomic E-state index is 10.6. The van der Waals surface area contributed by atoms with E-state index >= 15 is 0 Å². The minimum absolute atomic E-state index is 0. The molecule has 0 atom stereocenters. The van der Waals surface area contributed by atoms with Gasteiger partial charge in [-0.1, -0.05) is 29.3 Å². The molecule has 0 fully saturated rings. The summed E-state index contributed by atoms with van der Waals surface area (Å²) in [5, 5.41) is 1.09. The van der Waals surface area contributed by atoms with Crippen LogP contribution < -0.4 is 5.73 Å². The van der Waals surface area contributed by atoms with E-state index < -0.39 is 0 Å². The first-order chi connectivity index (χ1) is 7.49. The first-order valence-electron chi connectivity index (χ1n) is 4.90. The van der Waals surface area contributed by atoms with Crippen molar-refractivity contribution < 1.29 is 4.79 Å². The number of halogens is 4. The molecular formula is C11H16Cl4N2O. The molecule has 0 bridgehead atoms. The van der Waals surface area contributed by atoms with E-state index in [0.29, 0.717) is 29.6 Å². The van der Waals surface area contributed by atoms with Gasteiger partial charge in [0.05, 0.1) is 10.0 Å². The second-order valence-electron chi connectivity index (χ2n) is 3.70. The van der Waals surface area contributed by atoms with Crippen LogP contribution in [-0.4, -0.2) is 24.4 Å². The Morgan fingerprint density at radius 2 is 1.89 bits per heavy atom. The van der Waals surface area contributed by atoms with Gasteiger partial charge in [0.15, 0.2) is 0 Å². The lowest BCUT2D eigenvalue weighted by molar-refractivity contribution is -0.118. The lowest BCUT2D eigenvalue weighted by Gasteiger charge is -2.15. The Kier molecular flexibility index (Phi) is 10.9. The normalized spacial score (nSPS) is 9.56. The molecule has 18 heavy (non-hydrogen) atoms. The molecule has 1 rings (SSSR count). The fraction of sp³-hybridized carbons (Fsp3) is 0.364. The van der Waals surface area contributed by atoms with Gasteiger partial charge in [-0.3, -0.25) is 4.79 Å². The summed E-state index contributed by atoms with van der Waals surface area (Å²) >= 11 is 11.7. The quantitative estimate of drug-likeness (QED) is 0.899. The third kappa shape index (κ3) is 7.29. The van der Waals surface area contributed by atoms with Crippen LogP contribution >= 0.6 is 48.0 Å². The van der Waals surface area contributed by atoms with Gasteiger partial charge in [0, 0.05) is 19.5 Å². The number of hydrogen-bond donors (Lipinski definition) is 1. The summed E-state index contributed by atoms with van der Waals surface area (Å²) in [5.41, 5.74) is 6.13. The predicted octanol–water partition coefficient (Wildman–Crippen LogP) is 3.14. The van der Waals surface area contributed by atoms with Crippen LogP contribution in [-0.2, 0) is 11.3 Å². The second-order valence-corrected chi connectivity index (χ2v) is 4.52. The number of carbonyl (C=O) groups excluding carboxylic acids is 1. The van der Waals surface area contributed by atoms with Gasteiger partial charge in [0.2, 0.25) is 5.91 Å². The summed E-state index contributed by atoms with van der Waals surface area (Å²) in [6.07, 6.45) is 0.359. The molecule has 0 aliphatic rings. The Labute approximate surface area is 129 Å². The fourth-order valence-corrected chi connectivity index (χ4v) is 1.65. The molecule has 0 aliphatic carbocycles. The van der Waals surface area contributed by atoms with Crippen molar-refractivity contribution in [3.8, 4) is 0 Å². The second kappa shape index (κ2) is 9.70. The maximum Gasteiger partial charge on any atom is 0.218 e. The summed E-state index contributed by atoms with van der Waals surface area (Å²) in [6.45, 7) is 1.35. The van der Waals surface area contributed by atoms with Crippen molar-refractivity contribution in [2.24, 2.45) is 5.73 Å². The van der Waals surface area contributed by atoms with Crippen molar-refractivity contribution in [2.75, 3.05) is 13.6 Å². The van der Waals surface area contributed by atoms with E-state index in [2.05, 4.69) is 0 Å². The molecule has 3 nitrogen and oxygen atoms in total. The largest absolute Gasteiger partial charge is 0.370 e.